The van der Waals surface area contributed by atoms with E-state index in [1.54, 1.807) is 13.0 Å². The molecule has 0 aliphatic heterocycles. The zero-order valence-electron chi connectivity index (χ0n) is 18.5. The summed E-state index contributed by atoms with van der Waals surface area (Å²) >= 11 is 15.6. The summed E-state index contributed by atoms with van der Waals surface area (Å²) in [6, 6.07) is 11.3. The predicted molar refractivity (Wildman–Crippen MR) is 136 cm³/mol. The third-order valence-electron chi connectivity index (χ3n) is 5.01. The molecule has 11 heteroatoms. The van der Waals surface area contributed by atoms with Crippen molar-refractivity contribution in [3.8, 4) is 0 Å². The first-order valence-electron chi connectivity index (χ1n) is 10.1. The van der Waals surface area contributed by atoms with Crippen molar-refractivity contribution in [3.63, 3.8) is 0 Å². The minimum atomic E-state index is -3.66. The van der Waals surface area contributed by atoms with Gasteiger partial charge in [0.2, 0.25) is 21.8 Å². The molecule has 2 aromatic carbocycles. The summed E-state index contributed by atoms with van der Waals surface area (Å²) in [7, 11) is -2.15. The van der Waals surface area contributed by atoms with Crippen LogP contribution in [0.15, 0.2) is 46.9 Å². The molecule has 180 valence electrons. The van der Waals surface area contributed by atoms with Gasteiger partial charge in [-0.3, -0.25) is 13.9 Å². The van der Waals surface area contributed by atoms with Crippen LogP contribution >= 0.6 is 39.1 Å². The van der Waals surface area contributed by atoms with E-state index in [9.17, 15) is 18.0 Å². The number of nitrogens with one attached hydrogen (secondary N) is 1. The Morgan fingerprint density at radius 2 is 1.76 bits per heavy atom. The highest BCUT2D eigenvalue weighted by Gasteiger charge is 2.26. The predicted octanol–water partition coefficient (Wildman–Crippen LogP) is 4.47. The number of likely N-dealkylation sites (N-methyl/N-ethyl adjacent to an activating group) is 1. The number of sulfonamides is 1. The molecule has 0 spiro atoms. The molecule has 2 amide bonds. The van der Waals surface area contributed by atoms with E-state index in [2.05, 4.69) is 21.2 Å². The van der Waals surface area contributed by atoms with Gasteiger partial charge in [-0.2, -0.15) is 0 Å². The van der Waals surface area contributed by atoms with E-state index in [0.29, 0.717) is 5.02 Å². The fourth-order valence-corrected chi connectivity index (χ4v) is 4.91. The Bertz CT molecular complexity index is 1100. The fraction of sp³-hybridized carbons (Fsp3) is 0.364. The molecule has 0 aliphatic rings. The average molecular weight is 579 g/mol. The van der Waals surface area contributed by atoms with E-state index in [-0.39, 0.29) is 48.5 Å². The quantitative estimate of drug-likeness (QED) is 0.451. The van der Waals surface area contributed by atoms with E-state index >= 15 is 0 Å². The van der Waals surface area contributed by atoms with Gasteiger partial charge in [-0.1, -0.05) is 51.3 Å². The van der Waals surface area contributed by atoms with E-state index in [0.717, 1.165) is 20.6 Å². The van der Waals surface area contributed by atoms with Gasteiger partial charge in [0.05, 0.1) is 17.0 Å². The van der Waals surface area contributed by atoms with Crippen molar-refractivity contribution in [3.05, 3.63) is 62.5 Å². The Morgan fingerprint density at radius 1 is 1.12 bits per heavy atom. The number of anilines is 1. The smallest absolute Gasteiger partial charge is 0.242 e. The van der Waals surface area contributed by atoms with Crippen LogP contribution in [0, 0.1) is 0 Å². The molecular weight excluding hydrogens is 553 g/mol. The number of hydrogen-bond acceptors (Lipinski definition) is 4. The number of halogens is 3. The number of benzene rings is 2. The minimum Gasteiger partial charge on any atom is -0.357 e. The summed E-state index contributed by atoms with van der Waals surface area (Å²) in [5, 5.41) is 3.15. The van der Waals surface area contributed by atoms with Crippen LogP contribution in [0.5, 0.6) is 0 Å². The summed E-state index contributed by atoms with van der Waals surface area (Å²) in [5.74, 6) is -0.552. The summed E-state index contributed by atoms with van der Waals surface area (Å²) in [5.41, 5.74) is 1.12. The van der Waals surface area contributed by atoms with Gasteiger partial charge in [-0.15, -0.1) is 0 Å². The van der Waals surface area contributed by atoms with Gasteiger partial charge in [0, 0.05) is 36.1 Å². The van der Waals surface area contributed by atoms with Crippen LogP contribution in [0.25, 0.3) is 0 Å². The van der Waals surface area contributed by atoms with Crippen molar-refractivity contribution in [2.24, 2.45) is 0 Å². The van der Waals surface area contributed by atoms with Gasteiger partial charge in [0.1, 0.15) is 6.04 Å². The van der Waals surface area contributed by atoms with Gasteiger partial charge in [-0.25, -0.2) is 8.42 Å². The molecule has 0 saturated carbocycles. The highest BCUT2D eigenvalue weighted by molar-refractivity contribution is 9.10. The molecule has 1 N–H and O–H groups in total. The highest BCUT2D eigenvalue weighted by atomic mass is 79.9. The second-order valence-corrected chi connectivity index (χ2v) is 11.1. The number of hydrogen-bond donors (Lipinski definition) is 1. The molecule has 0 fully saturated rings. The molecule has 33 heavy (non-hydrogen) atoms. The summed E-state index contributed by atoms with van der Waals surface area (Å²) in [4.78, 5) is 26.8. The van der Waals surface area contributed by atoms with Crippen LogP contribution in [-0.2, 0) is 26.2 Å². The topological polar surface area (TPSA) is 86.8 Å². The molecule has 2 aromatic rings. The van der Waals surface area contributed by atoms with Crippen molar-refractivity contribution in [1.29, 1.82) is 0 Å². The van der Waals surface area contributed by atoms with Crippen molar-refractivity contribution in [2.75, 3.05) is 24.2 Å². The van der Waals surface area contributed by atoms with Crippen LogP contribution < -0.4 is 9.62 Å². The van der Waals surface area contributed by atoms with Gasteiger partial charge in [-0.05, 0) is 49.2 Å². The van der Waals surface area contributed by atoms with E-state index in [4.69, 9.17) is 23.2 Å². The zero-order chi connectivity index (χ0) is 24.8. The molecule has 0 bridgehead atoms. The SMILES string of the molecule is CNC(=O)[C@@H](C)N(Cc1ccc(Br)cc1)C(=O)CCCN(c1cc(Cl)ccc1Cl)S(C)(=O)=O. The van der Waals surface area contributed by atoms with E-state index in [1.165, 1.54) is 24.1 Å². The summed E-state index contributed by atoms with van der Waals surface area (Å²) in [6.07, 6.45) is 1.34. The number of rotatable bonds is 10. The van der Waals surface area contributed by atoms with Gasteiger partial charge in [0.25, 0.3) is 0 Å². The minimum absolute atomic E-state index is 0.0329. The maximum Gasteiger partial charge on any atom is 0.242 e. The molecular formula is C22H26BrCl2N3O4S. The van der Waals surface area contributed by atoms with Crippen molar-refractivity contribution in [2.45, 2.75) is 32.4 Å². The van der Waals surface area contributed by atoms with Crippen molar-refractivity contribution < 1.29 is 18.0 Å². The Hall–Kier alpha value is -1.81. The zero-order valence-corrected chi connectivity index (χ0v) is 22.4. The number of carbonyl (C=O) groups is 2. The molecule has 1 atom stereocenters. The van der Waals surface area contributed by atoms with E-state index < -0.39 is 16.1 Å². The maximum absolute atomic E-state index is 13.1. The first-order valence-corrected chi connectivity index (χ1v) is 13.5. The van der Waals surface area contributed by atoms with Crippen LogP contribution in [0.2, 0.25) is 10.0 Å². The lowest BCUT2D eigenvalue weighted by molar-refractivity contribution is -0.140. The Kier molecular flexibility index (Phi) is 10.0. The van der Waals surface area contributed by atoms with Crippen LogP contribution in [0.4, 0.5) is 5.69 Å². The standard InChI is InChI=1S/C22H26BrCl2N3O4S/c1-15(22(30)26-2)27(14-16-6-8-17(23)9-7-16)21(29)5-4-12-28(33(3,31)32)20-13-18(24)10-11-19(20)25/h6-11,13,15H,4-5,12,14H2,1-3H3,(H,26,30)/t15-/m1/s1. The lowest BCUT2D eigenvalue weighted by atomic mass is 10.1. The first-order chi connectivity index (χ1) is 15.4. The molecule has 0 aromatic heterocycles. The molecule has 0 heterocycles. The second kappa shape index (κ2) is 12.1. The molecule has 0 unspecified atom stereocenters. The normalized spacial score (nSPS) is 12.2. The Labute approximate surface area is 213 Å². The third kappa shape index (κ3) is 7.88. The molecule has 7 nitrogen and oxygen atoms in total. The van der Waals surface area contributed by atoms with Gasteiger partial charge >= 0.3 is 0 Å². The lowest BCUT2D eigenvalue weighted by Crippen LogP contribution is -2.46. The number of amides is 2. The monoisotopic (exact) mass is 577 g/mol. The molecule has 0 aliphatic carbocycles. The van der Waals surface area contributed by atoms with Gasteiger partial charge in [0.15, 0.2) is 0 Å². The average Bonchev–Trinajstić information content (AvgIpc) is 2.76. The van der Waals surface area contributed by atoms with Crippen LogP contribution in [0.3, 0.4) is 0 Å². The largest absolute Gasteiger partial charge is 0.357 e. The molecule has 2 rings (SSSR count). The first kappa shape index (κ1) is 27.4. The maximum atomic E-state index is 13.1. The van der Waals surface area contributed by atoms with Crippen molar-refractivity contribution >= 4 is 66.7 Å². The second-order valence-electron chi connectivity index (χ2n) is 7.47. The summed E-state index contributed by atoms with van der Waals surface area (Å²) in [6.45, 7) is 1.94. The number of carbonyl (C=O) groups excluding carboxylic acids is 2. The molecule has 0 saturated heterocycles. The Morgan fingerprint density at radius 3 is 2.33 bits per heavy atom. The van der Waals surface area contributed by atoms with E-state index in [1.807, 2.05) is 24.3 Å². The molecule has 0 radical (unpaired) electrons. The van der Waals surface area contributed by atoms with Crippen LogP contribution in [-0.4, -0.2) is 51.0 Å². The number of nitrogens with zero attached hydrogens (tertiary/aromatic N) is 2. The van der Waals surface area contributed by atoms with Crippen LogP contribution in [0.1, 0.15) is 25.3 Å². The van der Waals surface area contributed by atoms with Gasteiger partial charge < -0.3 is 10.2 Å². The lowest BCUT2D eigenvalue weighted by Gasteiger charge is -2.29. The van der Waals surface area contributed by atoms with Crippen molar-refractivity contribution in [1.82, 2.24) is 10.2 Å². The Balaban J connectivity index is 2.17. The fourth-order valence-electron chi connectivity index (χ4n) is 3.24. The summed E-state index contributed by atoms with van der Waals surface area (Å²) < 4.78 is 26.8. The third-order valence-corrected chi connectivity index (χ3v) is 7.27. The highest BCUT2D eigenvalue weighted by Crippen LogP contribution is 2.31.